The van der Waals surface area contributed by atoms with E-state index in [1.54, 1.807) is 6.08 Å². The Balaban J connectivity index is 2.28. The first-order chi connectivity index (χ1) is 10.3. The summed E-state index contributed by atoms with van der Waals surface area (Å²) in [4.78, 5) is 0. The molecule has 3 nitrogen and oxygen atoms in total. The van der Waals surface area contributed by atoms with Gasteiger partial charge in [0.25, 0.3) is 0 Å². The molecular weight excluding hydrogens is 260 g/mol. The van der Waals surface area contributed by atoms with Crippen LogP contribution in [0.15, 0.2) is 71.9 Å². The van der Waals surface area contributed by atoms with Crippen LogP contribution in [-0.4, -0.2) is 10.9 Å². The van der Waals surface area contributed by atoms with Crippen molar-refractivity contribution in [1.29, 1.82) is 5.26 Å². The molecule has 0 saturated carbocycles. The van der Waals surface area contributed by atoms with Crippen LogP contribution >= 0.6 is 0 Å². The molecule has 0 spiro atoms. The fourth-order valence-corrected chi connectivity index (χ4v) is 2.47. The third kappa shape index (κ3) is 2.24. The van der Waals surface area contributed by atoms with E-state index in [0.29, 0.717) is 11.3 Å². The van der Waals surface area contributed by atoms with E-state index in [1.165, 1.54) is 0 Å². The lowest BCUT2D eigenvalue weighted by Crippen LogP contribution is -2.07. The van der Waals surface area contributed by atoms with E-state index in [9.17, 15) is 5.26 Å². The van der Waals surface area contributed by atoms with Crippen LogP contribution in [-0.2, 0) is 0 Å². The summed E-state index contributed by atoms with van der Waals surface area (Å²) < 4.78 is 0. The van der Waals surface area contributed by atoms with Crippen molar-refractivity contribution in [2.75, 3.05) is 0 Å². The van der Waals surface area contributed by atoms with Gasteiger partial charge in [0.1, 0.15) is 11.8 Å². The van der Waals surface area contributed by atoms with Gasteiger partial charge in [0, 0.05) is 11.1 Å². The molecular formula is C18H12N2O. The highest BCUT2D eigenvalue weighted by molar-refractivity contribution is 6.18. The summed E-state index contributed by atoms with van der Waals surface area (Å²) in [6, 6.07) is 19.5. The molecule has 1 aliphatic carbocycles. The smallest absolute Gasteiger partial charge is 0.110 e. The van der Waals surface area contributed by atoms with Gasteiger partial charge in [-0.3, -0.25) is 0 Å². The summed E-state index contributed by atoms with van der Waals surface area (Å²) in [5.41, 5.74) is 4.54. The zero-order valence-corrected chi connectivity index (χ0v) is 11.2. The predicted octanol–water partition coefficient (Wildman–Crippen LogP) is 3.87. The number of hydrogen-bond acceptors (Lipinski definition) is 3. The molecule has 0 radical (unpaired) electrons. The molecule has 3 rings (SSSR count). The van der Waals surface area contributed by atoms with Gasteiger partial charge in [-0.05, 0) is 17.2 Å². The predicted molar refractivity (Wildman–Crippen MR) is 82.8 cm³/mol. The minimum atomic E-state index is 0.500. The van der Waals surface area contributed by atoms with Crippen LogP contribution in [0.2, 0.25) is 0 Å². The molecule has 0 fully saturated rings. The van der Waals surface area contributed by atoms with Crippen molar-refractivity contribution in [3.8, 4) is 6.07 Å². The second kappa shape index (κ2) is 5.48. The molecule has 0 atom stereocenters. The highest BCUT2D eigenvalue weighted by atomic mass is 16.4. The molecule has 0 unspecified atom stereocenters. The number of allylic oxidation sites excluding steroid dienone is 4. The second-order valence-electron chi connectivity index (χ2n) is 4.63. The maximum Gasteiger partial charge on any atom is 0.110 e. The number of fused-ring (bicyclic) bond motifs is 1. The Morgan fingerprint density at radius 3 is 2.24 bits per heavy atom. The van der Waals surface area contributed by atoms with Gasteiger partial charge >= 0.3 is 0 Å². The third-order valence-corrected chi connectivity index (χ3v) is 3.45. The largest absolute Gasteiger partial charge is 0.410 e. The van der Waals surface area contributed by atoms with Gasteiger partial charge in [-0.25, -0.2) is 0 Å². The highest BCUT2D eigenvalue weighted by Crippen LogP contribution is 2.32. The van der Waals surface area contributed by atoms with Crippen LogP contribution in [0.3, 0.4) is 0 Å². The van der Waals surface area contributed by atoms with Gasteiger partial charge in [0.05, 0.1) is 5.57 Å². The van der Waals surface area contributed by atoms with Crippen LogP contribution in [0, 0.1) is 11.3 Å². The van der Waals surface area contributed by atoms with Crippen molar-refractivity contribution in [3.05, 3.63) is 83.4 Å². The van der Waals surface area contributed by atoms with Crippen molar-refractivity contribution in [2.24, 2.45) is 5.16 Å². The Kier molecular flexibility index (Phi) is 3.36. The molecule has 0 heterocycles. The van der Waals surface area contributed by atoms with E-state index in [-0.39, 0.29) is 0 Å². The van der Waals surface area contributed by atoms with Gasteiger partial charge in [-0.1, -0.05) is 65.8 Å². The lowest BCUT2D eigenvalue weighted by Gasteiger charge is -2.16. The number of rotatable bonds is 1. The minimum absolute atomic E-state index is 0.500. The van der Waals surface area contributed by atoms with E-state index in [4.69, 9.17) is 5.21 Å². The second-order valence-corrected chi connectivity index (χ2v) is 4.63. The Morgan fingerprint density at radius 2 is 1.57 bits per heavy atom. The molecule has 0 bridgehead atoms. The molecule has 21 heavy (non-hydrogen) atoms. The molecule has 0 saturated heterocycles. The minimum Gasteiger partial charge on any atom is -0.410 e. The van der Waals surface area contributed by atoms with Crippen molar-refractivity contribution >= 4 is 16.9 Å². The normalized spacial score (nSPS) is 17.2. The van der Waals surface area contributed by atoms with Crippen LogP contribution in [0.25, 0.3) is 11.1 Å². The molecule has 0 amide bonds. The lowest BCUT2D eigenvalue weighted by molar-refractivity contribution is 0.320. The monoisotopic (exact) mass is 272 g/mol. The quantitative estimate of drug-likeness (QED) is 0.486. The zero-order chi connectivity index (χ0) is 14.7. The van der Waals surface area contributed by atoms with Crippen LogP contribution in [0.5, 0.6) is 0 Å². The lowest BCUT2D eigenvalue weighted by atomic mass is 9.87. The van der Waals surface area contributed by atoms with E-state index in [2.05, 4.69) is 11.2 Å². The standard InChI is InChI=1S/C18H12N2O/c19-12-17(13-6-2-1-3-7-13)15-10-11-18(20-21)16-9-5-4-8-14(15)16/h1-11,21H/b17-15-,20-18-. The fraction of sp³-hybridized carbons (Fsp3) is 0. The topological polar surface area (TPSA) is 56.4 Å². The molecule has 2 aromatic rings. The van der Waals surface area contributed by atoms with Crippen LogP contribution in [0.1, 0.15) is 16.7 Å². The maximum absolute atomic E-state index is 9.56. The third-order valence-electron chi connectivity index (χ3n) is 3.45. The average Bonchev–Trinajstić information content (AvgIpc) is 2.56. The Morgan fingerprint density at radius 1 is 0.905 bits per heavy atom. The Labute approximate surface area is 122 Å². The van der Waals surface area contributed by atoms with Crippen LogP contribution < -0.4 is 0 Å². The summed E-state index contributed by atoms with van der Waals surface area (Å²) in [7, 11) is 0. The maximum atomic E-state index is 9.56. The molecule has 0 aromatic heterocycles. The van der Waals surface area contributed by atoms with Gasteiger partial charge in [-0.2, -0.15) is 5.26 Å². The van der Waals surface area contributed by atoms with E-state index >= 15 is 0 Å². The van der Waals surface area contributed by atoms with Crippen molar-refractivity contribution in [1.82, 2.24) is 0 Å². The van der Waals surface area contributed by atoms with Gasteiger partial charge in [0.2, 0.25) is 0 Å². The highest BCUT2D eigenvalue weighted by Gasteiger charge is 2.18. The first kappa shape index (κ1) is 12.9. The Bertz CT molecular complexity index is 809. The average molecular weight is 272 g/mol. The SMILES string of the molecule is N#C/C(=C1C=C/C(=N/O)c2ccccc2\1)c1ccccc1. The van der Waals surface area contributed by atoms with Gasteiger partial charge < -0.3 is 5.21 Å². The van der Waals surface area contributed by atoms with Gasteiger partial charge in [-0.15, -0.1) is 0 Å². The number of nitriles is 1. The first-order valence-corrected chi connectivity index (χ1v) is 6.55. The molecule has 0 aliphatic heterocycles. The molecule has 1 aliphatic rings. The zero-order valence-electron chi connectivity index (χ0n) is 11.2. The number of benzene rings is 2. The first-order valence-electron chi connectivity index (χ1n) is 6.55. The Hall–Kier alpha value is -3.12. The van der Waals surface area contributed by atoms with E-state index < -0.39 is 0 Å². The van der Waals surface area contributed by atoms with Crippen molar-refractivity contribution in [3.63, 3.8) is 0 Å². The fourth-order valence-electron chi connectivity index (χ4n) is 2.47. The molecule has 1 N–H and O–H groups in total. The van der Waals surface area contributed by atoms with Gasteiger partial charge in [0.15, 0.2) is 0 Å². The summed E-state index contributed by atoms with van der Waals surface area (Å²) in [5, 5.41) is 22.0. The van der Waals surface area contributed by atoms with Crippen molar-refractivity contribution < 1.29 is 5.21 Å². The number of nitrogens with zero attached hydrogens (tertiary/aromatic N) is 2. The number of oxime groups is 1. The van der Waals surface area contributed by atoms with E-state index in [1.807, 2.05) is 60.7 Å². The summed E-state index contributed by atoms with van der Waals surface area (Å²) >= 11 is 0. The molecule has 100 valence electrons. The molecule has 3 heteroatoms. The van der Waals surface area contributed by atoms with Crippen LogP contribution in [0.4, 0.5) is 0 Å². The summed E-state index contributed by atoms with van der Waals surface area (Å²) in [6.45, 7) is 0. The number of hydrogen-bond donors (Lipinski definition) is 1. The summed E-state index contributed by atoms with van der Waals surface area (Å²) in [6.07, 6.45) is 3.54. The van der Waals surface area contributed by atoms with E-state index in [0.717, 1.165) is 22.3 Å². The van der Waals surface area contributed by atoms with Crippen molar-refractivity contribution in [2.45, 2.75) is 0 Å². The molecule has 2 aromatic carbocycles. The summed E-state index contributed by atoms with van der Waals surface area (Å²) in [5.74, 6) is 0.